The number of aliphatic imine (C=N–C) groups is 1. The number of nitrogens with one attached hydrogen (secondary N) is 1. The molecular weight excluding hydrogens is 358 g/mol. The maximum Gasteiger partial charge on any atom is 0.297 e. The zero-order chi connectivity index (χ0) is 20.9. The molecule has 1 aromatic rings. The van der Waals surface area contributed by atoms with Crippen LogP contribution in [0.5, 0.6) is 0 Å². The number of carbonyl (C=O) groups is 2. The smallest absolute Gasteiger partial charge is 0.297 e. The largest absolute Gasteiger partial charge is 0.381 e. The lowest BCUT2D eigenvalue weighted by Gasteiger charge is -2.19. The summed E-state index contributed by atoms with van der Waals surface area (Å²) in [5, 5.41) is 2.57. The number of fused-ring (bicyclic) bond motifs is 1. The molecule has 0 radical (unpaired) electrons. The Hall–Kier alpha value is -2.32. The van der Waals surface area contributed by atoms with Gasteiger partial charge < -0.3 is 19.5 Å². The molecule has 0 aromatic carbocycles. The topological polar surface area (TPSA) is 88.8 Å². The first-order valence-corrected chi connectivity index (χ1v) is 9.48. The summed E-state index contributed by atoms with van der Waals surface area (Å²) in [5.74, 6) is -0.138. The molecule has 28 heavy (non-hydrogen) atoms. The minimum absolute atomic E-state index is 0.195. The first-order chi connectivity index (χ1) is 13.2. The van der Waals surface area contributed by atoms with Gasteiger partial charge in [0.05, 0.1) is 12.3 Å². The maximum absolute atomic E-state index is 13.0. The second-order valence-corrected chi connectivity index (χ2v) is 7.96. The van der Waals surface area contributed by atoms with Crippen LogP contribution in [-0.4, -0.2) is 66.3 Å². The second-order valence-electron chi connectivity index (χ2n) is 7.96. The maximum atomic E-state index is 13.0. The fourth-order valence-corrected chi connectivity index (χ4v) is 3.13. The lowest BCUT2D eigenvalue weighted by Crippen LogP contribution is -2.37. The third-order valence-electron chi connectivity index (χ3n) is 4.54. The highest BCUT2D eigenvalue weighted by Crippen LogP contribution is 2.22. The number of ether oxygens (including phenoxy) is 1. The SMILES string of the molecule is CNC(=O)C(=NC(=O)c1nc(/C=C/COC)n2c1CN(C)CCC2)C(C)(C)C. The van der Waals surface area contributed by atoms with Crippen molar-refractivity contribution in [1.82, 2.24) is 19.8 Å². The molecule has 1 aliphatic heterocycles. The Balaban J connectivity index is 2.52. The van der Waals surface area contributed by atoms with Crippen molar-refractivity contribution in [3.63, 3.8) is 0 Å². The van der Waals surface area contributed by atoms with Crippen molar-refractivity contribution in [2.75, 3.05) is 34.4 Å². The molecule has 8 heteroatoms. The molecule has 0 aliphatic carbocycles. The number of hydrogen-bond donors (Lipinski definition) is 1. The van der Waals surface area contributed by atoms with Gasteiger partial charge >= 0.3 is 0 Å². The van der Waals surface area contributed by atoms with Crippen molar-refractivity contribution in [2.45, 2.75) is 40.3 Å². The van der Waals surface area contributed by atoms with E-state index in [4.69, 9.17) is 4.74 Å². The first kappa shape index (κ1) is 22.0. The third-order valence-corrected chi connectivity index (χ3v) is 4.54. The number of hydrogen-bond acceptors (Lipinski definition) is 5. The molecule has 2 rings (SSSR count). The predicted molar refractivity (Wildman–Crippen MR) is 109 cm³/mol. The van der Waals surface area contributed by atoms with Gasteiger partial charge in [-0.15, -0.1) is 0 Å². The number of amides is 2. The average Bonchev–Trinajstić information content (AvgIpc) is 2.83. The molecule has 0 spiro atoms. The second kappa shape index (κ2) is 9.25. The van der Waals surface area contributed by atoms with Crippen LogP contribution in [0.4, 0.5) is 0 Å². The summed E-state index contributed by atoms with van der Waals surface area (Å²) in [6.07, 6.45) is 4.70. The molecule has 1 aliphatic rings. The molecule has 0 saturated heterocycles. The van der Waals surface area contributed by atoms with Crippen molar-refractivity contribution in [3.8, 4) is 0 Å². The van der Waals surface area contributed by atoms with E-state index in [-0.39, 0.29) is 11.6 Å². The van der Waals surface area contributed by atoms with Crippen LogP contribution in [0.2, 0.25) is 0 Å². The van der Waals surface area contributed by atoms with E-state index >= 15 is 0 Å². The number of aromatic nitrogens is 2. The third kappa shape index (κ3) is 5.14. The summed E-state index contributed by atoms with van der Waals surface area (Å²) < 4.78 is 7.13. The van der Waals surface area contributed by atoms with Gasteiger partial charge in [0.2, 0.25) is 0 Å². The highest BCUT2D eigenvalue weighted by Gasteiger charge is 2.29. The van der Waals surface area contributed by atoms with Crippen molar-refractivity contribution in [3.05, 3.63) is 23.3 Å². The molecule has 1 aromatic heterocycles. The number of nitrogens with zero attached hydrogens (tertiary/aromatic N) is 4. The molecule has 0 unspecified atom stereocenters. The summed E-state index contributed by atoms with van der Waals surface area (Å²) in [6, 6.07) is 0. The van der Waals surface area contributed by atoms with Gasteiger partial charge in [0.1, 0.15) is 11.5 Å². The molecule has 2 amide bonds. The molecule has 0 atom stereocenters. The van der Waals surface area contributed by atoms with Crippen LogP contribution in [0.3, 0.4) is 0 Å². The van der Waals surface area contributed by atoms with E-state index in [1.807, 2.05) is 40.0 Å². The summed E-state index contributed by atoms with van der Waals surface area (Å²) in [4.78, 5) is 36.2. The van der Waals surface area contributed by atoms with Gasteiger partial charge in [0.15, 0.2) is 5.69 Å². The van der Waals surface area contributed by atoms with Gasteiger partial charge in [-0.05, 0) is 26.1 Å². The van der Waals surface area contributed by atoms with Gasteiger partial charge in [0, 0.05) is 32.7 Å². The Morgan fingerprint density at radius 2 is 2.04 bits per heavy atom. The van der Waals surface area contributed by atoms with Crippen molar-refractivity contribution in [2.24, 2.45) is 10.4 Å². The van der Waals surface area contributed by atoms with E-state index in [0.717, 1.165) is 25.2 Å². The average molecular weight is 390 g/mol. The fourth-order valence-electron chi connectivity index (χ4n) is 3.13. The normalized spacial score (nSPS) is 16.1. The quantitative estimate of drug-likeness (QED) is 0.775. The highest BCUT2D eigenvalue weighted by molar-refractivity contribution is 6.42. The minimum Gasteiger partial charge on any atom is -0.381 e. The zero-order valence-corrected chi connectivity index (χ0v) is 17.7. The Morgan fingerprint density at radius 1 is 1.32 bits per heavy atom. The monoisotopic (exact) mass is 389 g/mol. The fraction of sp³-hybridized carbons (Fsp3) is 0.600. The first-order valence-electron chi connectivity index (χ1n) is 9.48. The van der Waals surface area contributed by atoms with Gasteiger partial charge in [-0.25, -0.2) is 9.98 Å². The van der Waals surface area contributed by atoms with E-state index < -0.39 is 11.3 Å². The zero-order valence-electron chi connectivity index (χ0n) is 17.7. The van der Waals surface area contributed by atoms with E-state index in [1.165, 1.54) is 7.05 Å². The Labute approximate surface area is 166 Å². The molecule has 0 saturated carbocycles. The molecule has 2 heterocycles. The number of imidazole rings is 1. The Bertz CT molecular complexity index is 786. The van der Waals surface area contributed by atoms with E-state index in [2.05, 4.69) is 24.8 Å². The van der Waals surface area contributed by atoms with Crippen molar-refractivity contribution >= 4 is 23.6 Å². The van der Waals surface area contributed by atoms with Crippen LogP contribution >= 0.6 is 0 Å². The van der Waals surface area contributed by atoms with Crippen LogP contribution in [-0.2, 0) is 22.6 Å². The molecule has 8 nitrogen and oxygen atoms in total. The summed E-state index contributed by atoms with van der Waals surface area (Å²) >= 11 is 0. The standard InChI is InChI=1S/C20H31N5O3/c1-20(2,3)17(19(27)21-4)23-18(26)16-14-13-24(5)10-8-11-25(14)15(22-16)9-7-12-28-6/h7,9H,8,10-13H2,1-6H3,(H,21,27)/b9-7+,23-17?. The van der Waals surface area contributed by atoms with Crippen LogP contribution in [0.1, 0.15) is 49.2 Å². The predicted octanol–water partition coefficient (Wildman–Crippen LogP) is 1.75. The Kier molecular flexibility index (Phi) is 7.26. The summed E-state index contributed by atoms with van der Waals surface area (Å²) in [6.45, 7) is 8.35. The molecule has 0 bridgehead atoms. The van der Waals surface area contributed by atoms with Crippen LogP contribution in [0, 0.1) is 5.41 Å². The van der Waals surface area contributed by atoms with Crippen LogP contribution in [0.25, 0.3) is 6.08 Å². The number of rotatable bonds is 5. The van der Waals surface area contributed by atoms with Crippen molar-refractivity contribution in [1.29, 1.82) is 0 Å². The van der Waals surface area contributed by atoms with Crippen LogP contribution < -0.4 is 5.32 Å². The lowest BCUT2D eigenvalue weighted by molar-refractivity contribution is -0.114. The summed E-state index contributed by atoms with van der Waals surface area (Å²) in [5.41, 5.74) is 0.761. The van der Waals surface area contributed by atoms with Gasteiger partial charge in [-0.2, -0.15) is 0 Å². The van der Waals surface area contributed by atoms with Gasteiger partial charge in [0.25, 0.3) is 11.8 Å². The van der Waals surface area contributed by atoms with Crippen molar-refractivity contribution < 1.29 is 14.3 Å². The number of carbonyl (C=O) groups excluding carboxylic acids is 2. The highest BCUT2D eigenvalue weighted by atomic mass is 16.5. The number of methoxy groups -OCH3 is 1. The molecular formula is C20H31N5O3. The van der Waals surface area contributed by atoms with E-state index in [9.17, 15) is 9.59 Å². The molecule has 154 valence electrons. The van der Waals surface area contributed by atoms with Gasteiger partial charge in [-0.1, -0.05) is 26.8 Å². The van der Waals surface area contributed by atoms with Gasteiger partial charge in [-0.3, -0.25) is 9.59 Å². The minimum atomic E-state index is -0.565. The summed E-state index contributed by atoms with van der Waals surface area (Å²) in [7, 11) is 5.18. The molecule has 1 N–H and O–H groups in total. The van der Waals surface area contributed by atoms with E-state index in [0.29, 0.717) is 24.7 Å². The van der Waals surface area contributed by atoms with E-state index in [1.54, 1.807) is 7.11 Å². The Morgan fingerprint density at radius 3 is 2.64 bits per heavy atom. The molecule has 0 fully saturated rings. The van der Waals surface area contributed by atoms with Crippen LogP contribution in [0.15, 0.2) is 11.1 Å². The lowest BCUT2D eigenvalue weighted by atomic mass is 9.89.